The maximum absolute atomic E-state index is 12.4. The van der Waals surface area contributed by atoms with Gasteiger partial charge in [-0.1, -0.05) is 20.8 Å². The van der Waals surface area contributed by atoms with Crippen molar-refractivity contribution in [3.05, 3.63) is 40.6 Å². The highest BCUT2D eigenvalue weighted by Crippen LogP contribution is 2.48. The number of fused-ring (bicyclic) bond motifs is 1. The van der Waals surface area contributed by atoms with E-state index in [9.17, 15) is 25.2 Å². The molecule has 0 aliphatic carbocycles. The summed E-state index contributed by atoms with van der Waals surface area (Å²) >= 11 is 0. The summed E-state index contributed by atoms with van der Waals surface area (Å²) < 4.78 is 11.8. The van der Waals surface area contributed by atoms with Gasteiger partial charge in [-0.15, -0.1) is 0 Å². The van der Waals surface area contributed by atoms with Crippen LogP contribution in [0.25, 0.3) is 22.3 Å². The zero-order valence-electron chi connectivity index (χ0n) is 16.9. The Labute approximate surface area is 168 Å². The Morgan fingerprint density at radius 3 is 2.00 bits per heavy atom. The van der Waals surface area contributed by atoms with Crippen LogP contribution < -0.4 is 9.85 Å². The third kappa shape index (κ3) is 3.51. The van der Waals surface area contributed by atoms with Crippen LogP contribution in [0.3, 0.4) is 0 Å². The van der Waals surface area contributed by atoms with Gasteiger partial charge in [-0.2, -0.15) is 0 Å². The summed E-state index contributed by atoms with van der Waals surface area (Å²) in [6, 6.07) is 8.10. The smallest absolute Gasteiger partial charge is 0.250 e. The zero-order valence-corrected chi connectivity index (χ0v) is 17.9. The molecule has 4 N–H and O–H groups in total. The van der Waals surface area contributed by atoms with Crippen molar-refractivity contribution in [1.29, 1.82) is 0 Å². The van der Waals surface area contributed by atoms with Gasteiger partial charge >= 0.3 is 0 Å². The Kier molecular flexibility index (Phi) is 4.78. The number of phenols is 4. The normalized spacial score (nSPS) is 12.3. The molecule has 0 aliphatic heterocycles. The summed E-state index contributed by atoms with van der Waals surface area (Å²) in [6.45, 7) is 10.7. The summed E-state index contributed by atoms with van der Waals surface area (Å²) in [5.74, 6) is -2.80. The average molecular weight is 417 g/mol. The van der Waals surface area contributed by atoms with Crippen LogP contribution in [-0.4, -0.2) is 28.7 Å². The Bertz CT molecular complexity index is 1140. The molecule has 0 radical (unpaired) electrons. The summed E-state index contributed by atoms with van der Waals surface area (Å²) in [4.78, 5) is 12.4. The fourth-order valence-corrected chi connectivity index (χ4v) is 3.64. The van der Waals surface area contributed by atoms with Crippen molar-refractivity contribution < 1.29 is 29.3 Å². The number of hydrogen-bond donors (Lipinski definition) is 4. The highest BCUT2D eigenvalue weighted by Gasteiger charge is 2.38. The lowest BCUT2D eigenvalue weighted by Gasteiger charge is -2.36. The SMILES string of the molecule is CC(C)(C)[Si](C)(C)Oc1ccc(-c2cc(=O)c3c(O)c(O)c(O)c(O)c3o2)cc1. The lowest BCUT2D eigenvalue weighted by Crippen LogP contribution is -2.43. The fourth-order valence-electron chi connectivity index (χ4n) is 2.61. The third-order valence-electron chi connectivity index (χ3n) is 5.39. The first-order chi connectivity index (χ1) is 13.3. The van der Waals surface area contributed by atoms with Crippen LogP contribution in [0.5, 0.6) is 28.7 Å². The number of rotatable bonds is 3. The Morgan fingerprint density at radius 1 is 0.897 bits per heavy atom. The van der Waals surface area contributed by atoms with Gasteiger partial charge < -0.3 is 29.3 Å². The van der Waals surface area contributed by atoms with E-state index in [1.807, 2.05) is 0 Å². The monoisotopic (exact) mass is 416 g/mol. The van der Waals surface area contributed by atoms with Gasteiger partial charge in [0.1, 0.15) is 16.9 Å². The van der Waals surface area contributed by atoms with Crippen molar-refractivity contribution in [1.82, 2.24) is 0 Å². The van der Waals surface area contributed by atoms with Gasteiger partial charge in [0.2, 0.25) is 25.6 Å². The molecule has 7 nitrogen and oxygen atoms in total. The van der Waals surface area contributed by atoms with Gasteiger partial charge in [-0.05, 0) is 42.4 Å². The van der Waals surface area contributed by atoms with E-state index in [-0.39, 0.29) is 10.8 Å². The molecule has 0 aliphatic rings. The molecule has 1 aromatic heterocycles. The van der Waals surface area contributed by atoms with E-state index in [0.717, 1.165) is 6.07 Å². The maximum Gasteiger partial charge on any atom is 0.250 e. The van der Waals surface area contributed by atoms with Crippen molar-refractivity contribution in [3.8, 4) is 40.1 Å². The second-order valence-electron chi connectivity index (χ2n) is 8.46. The Hall–Kier alpha value is -3.13. The molecule has 154 valence electrons. The van der Waals surface area contributed by atoms with E-state index in [4.69, 9.17) is 8.84 Å². The standard InChI is InChI=1S/C21H24O7Si/c1-21(2,3)29(4,5)28-12-8-6-11(7-9-12)14-10-13(22)15-16(23)17(24)18(25)19(26)20(15)27-14/h6-10,23-26H,1-5H3. The predicted octanol–water partition coefficient (Wildman–Crippen LogP) is 4.67. The number of benzene rings is 2. The van der Waals surface area contributed by atoms with Crippen LogP contribution in [0.2, 0.25) is 18.1 Å². The average Bonchev–Trinajstić information content (AvgIpc) is 2.63. The number of phenolic OH excluding ortho intramolecular Hbond substituents is 4. The number of aromatic hydroxyl groups is 4. The molecule has 0 unspecified atom stereocenters. The van der Waals surface area contributed by atoms with Crippen LogP contribution in [0.1, 0.15) is 20.8 Å². The molecule has 3 aromatic rings. The molecule has 3 rings (SSSR count). The van der Waals surface area contributed by atoms with Crippen LogP contribution in [0.15, 0.2) is 39.5 Å². The lowest BCUT2D eigenvalue weighted by molar-refractivity contribution is 0.347. The van der Waals surface area contributed by atoms with Crippen LogP contribution in [0, 0.1) is 0 Å². The van der Waals surface area contributed by atoms with Crippen LogP contribution >= 0.6 is 0 Å². The first kappa shape index (κ1) is 20.6. The minimum atomic E-state index is -2.00. The molecule has 0 bridgehead atoms. The fraction of sp³-hybridized carbons (Fsp3) is 0.286. The van der Waals surface area contributed by atoms with E-state index in [0.29, 0.717) is 11.3 Å². The maximum atomic E-state index is 12.4. The van der Waals surface area contributed by atoms with Crippen LogP contribution in [0.4, 0.5) is 0 Å². The predicted molar refractivity (Wildman–Crippen MR) is 112 cm³/mol. The van der Waals surface area contributed by atoms with E-state index in [2.05, 4.69) is 33.9 Å². The van der Waals surface area contributed by atoms with Crippen molar-refractivity contribution in [2.75, 3.05) is 0 Å². The summed E-state index contributed by atoms with van der Waals surface area (Å²) in [6.07, 6.45) is 0. The van der Waals surface area contributed by atoms with Crippen LogP contribution in [-0.2, 0) is 0 Å². The summed E-state index contributed by atoms with van der Waals surface area (Å²) in [5, 5.41) is 38.9. The second kappa shape index (κ2) is 6.73. The zero-order chi connectivity index (χ0) is 21.7. The largest absolute Gasteiger partial charge is 0.544 e. The molecule has 0 amide bonds. The second-order valence-corrected chi connectivity index (χ2v) is 13.2. The minimum Gasteiger partial charge on any atom is -0.544 e. The summed E-state index contributed by atoms with van der Waals surface area (Å²) in [5.41, 5.74) is -0.550. The molecule has 2 aromatic carbocycles. The number of hydrogen-bond acceptors (Lipinski definition) is 7. The molecule has 1 heterocycles. The molecular weight excluding hydrogens is 392 g/mol. The van der Waals surface area contributed by atoms with Gasteiger partial charge in [-0.3, -0.25) is 4.79 Å². The minimum absolute atomic E-state index is 0.0455. The van der Waals surface area contributed by atoms with Gasteiger partial charge in [0.05, 0.1) is 0 Å². The molecule has 29 heavy (non-hydrogen) atoms. The highest BCUT2D eigenvalue weighted by atomic mass is 28.4. The molecule has 0 spiro atoms. The molecule has 0 saturated heterocycles. The third-order valence-corrected chi connectivity index (χ3v) is 9.75. The van der Waals surface area contributed by atoms with Gasteiger partial charge in [0.15, 0.2) is 16.8 Å². The van der Waals surface area contributed by atoms with E-state index >= 15 is 0 Å². The van der Waals surface area contributed by atoms with Crippen molar-refractivity contribution in [2.24, 2.45) is 0 Å². The molecule has 0 atom stereocenters. The first-order valence-corrected chi connectivity index (χ1v) is 12.0. The van der Waals surface area contributed by atoms with Gasteiger partial charge in [0.25, 0.3) is 0 Å². The van der Waals surface area contributed by atoms with E-state index in [1.54, 1.807) is 24.3 Å². The topological polar surface area (TPSA) is 120 Å². The van der Waals surface area contributed by atoms with Gasteiger partial charge in [0, 0.05) is 11.6 Å². The van der Waals surface area contributed by atoms with E-state index < -0.39 is 47.7 Å². The Morgan fingerprint density at radius 2 is 1.45 bits per heavy atom. The molecule has 8 heteroatoms. The molecular formula is C21H24O7Si. The molecule has 0 saturated carbocycles. The first-order valence-electron chi connectivity index (χ1n) is 9.06. The quantitative estimate of drug-likeness (QED) is 0.278. The van der Waals surface area contributed by atoms with E-state index in [1.165, 1.54) is 0 Å². The van der Waals surface area contributed by atoms with Crippen molar-refractivity contribution >= 4 is 19.3 Å². The summed E-state index contributed by atoms with van der Waals surface area (Å²) in [7, 11) is -2.00. The van der Waals surface area contributed by atoms with Gasteiger partial charge in [-0.25, -0.2) is 0 Å². The van der Waals surface area contributed by atoms with Crippen molar-refractivity contribution in [3.63, 3.8) is 0 Å². The Balaban J connectivity index is 2.05. The highest BCUT2D eigenvalue weighted by molar-refractivity contribution is 6.74. The lowest BCUT2D eigenvalue weighted by atomic mass is 10.1. The molecule has 0 fully saturated rings. The van der Waals surface area contributed by atoms with Crippen molar-refractivity contribution in [2.45, 2.75) is 38.9 Å².